The summed E-state index contributed by atoms with van der Waals surface area (Å²) in [5, 5.41) is 20.8. The minimum Gasteiger partial charge on any atom is -0.411 e. The van der Waals surface area contributed by atoms with Crippen molar-refractivity contribution in [1.82, 2.24) is 0 Å². The summed E-state index contributed by atoms with van der Waals surface area (Å²) in [6.45, 7) is 0. The lowest BCUT2D eigenvalue weighted by atomic mass is 10.1. The van der Waals surface area contributed by atoms with Gasteiger partial charge in [0.05, 0.1) is 0 Å². The third-order valence-corrected chi connectivity index (χ3v) is 2.08. The van der Waals surface area contributed by atoms with E-state index >= 15 is 0 Å². The molecule has 0 bridgehead atoms. The van der Waals surface area contributed by atoms with Gasteiger partial charge in [0.25, 0.3) is 0 Å². The van der Waals surface area contributed by atoms with Gasteiger partial charge >= 0.3 is 0 Å². The van der Waals surface area contributed by atoms with E-state index in [1.165, 1.54) is 0 Å². The van der Waals surface area contributed by atoms with Gasteiger partial charge in [-0.3, -0.25) is 4.79 Å². The van der Waals surface area contributed by atoms with Gasteiger partial charge in [0, 0.05) is 11.1 Å². The smallest absolute Gasteiger partial charge is 0.198 e. The molecule has 0 radical (unpaired) electrons. The molecule has 4 heteroatoms. The van der Waals surface area contributed by atoms with E-state index in [4.69, 9.17) is 5.21 Å². The highest BCUT2D eigenvalue weighted by molar-refractivity contribution is 6.30. The van der Waals surface area contributed by atoms with Crippen molar-refractivity contribution in [2.45, 2.75) is 6.10 Å². The van der Waals surface area contributed by atoms with Crippen molar-refractivity contribution in [3.8, 4) is 0 Å². The maximum absolute atomic E-state index is 11.3. The van der Waals surface area contributed by atoms with Crippen LogP contribution >= 0.6 is 0 Å². The number of hydrogen-bond acceptors (Lipinski definition) is 4. The molecular formula is C9H7NO3. The second-order valence-electron chi connectivity index (χ2n) is 2.80. The number of carbonyl (C=O) groups excluding carboxylic acids is 1. The van der Waals surface area contributed by atoms with Crippen LogP contribution in [0.1, 0.15) is 15.9 Å². The van der Waals surface area contributed by atoms with Crippen molar-refractivity contribution in [2.24, 2.45) is 5.16 Å². The van der Waals surface area contributed by atoms with Crippen LogP contribution in [0.2, 0.25) is 0 Å². The molecule has 1 aromatic rings. The molecule has 4 nitrogen and oxygen atoms in total. The van der Waals surface area contributed by atoms with Crippen molar-refractivity contribution < 1.29 is 15.1 Å². The quantitative estimate of drug-likeness (QED) is 0.445. The second-order valence-corrected chi connectivity index (χ2v) is 2.80. The van der Waals surface area contributed by atoms with Crippen molar-refractivity contribution in [3.63, 3.8) is 0 Å². The molecule has 1 aromatic carbocycles. The molecule has 1 aliphatic carbocycles. The predicted octanol–water partition coefficient (Wildman–Crippen LogP) is 0.422. The van der Waals surface area contributed by atoms with Gasteiger partial charge in [0.15, 0.2) is 11.9 Å². The number of carbonyl (C=O) groups is 1. The van der Waals surface area contributed by atoms with Crippen LogP contribution in [0.3, 0.4) is 0 Å². The zero-order valence-corrected chi connectivity index (χ0v) is 6.64. The Bertz CT molecular complexity index is 398. The second kappa shape index (κ2) is 2.67. The molecule has 2 N–H and O–H groups in total. The van der Waals surface area contributed by atoms with E-state index in [2.05, 4.69) is 5.16 Å². The van der Waals surface area contributed by atoms with Crippen molar-refractivity contribution in [2.75, 3.05) is 0 Å². The highest BCUT2D eigenvalue weighted by atomic mass is 16.4. The summed E-state index contributed by atoms with van der Waals surface area (Å²) in [7, 11) is 0. The molecule has 0 saturated carbocycles. The van der Waals surface area contributed by atoms with Crippen molar-refractivity contribution in [1.29, 1.82) is 0 Å². The highest BCUT2D eigenvalue weighted by Gasteiger charge is 2.35. The number of oxime groups is 1. The van der Waals surface area contributed by atoms with E-state index in [0.717, 1.165) is 0 Å². The molecular weight excluding hydrogens is 170 g/mol. The fourth-order valence-corrected chi connectivity index (χ4v) is 1.45. The fraction of sp³-hybridized carbons (Fsp3) is 0.111. The number of benzene rings is 1. The van der Waals surface area contributed by atoms with E-state index < -0.39 is 11.9 Å². The molecule has 13 heavy (non-hydrogen) atoms. The molecule has 66 valence electrons. The van der Waals surface area contributed by atoms with E-state index in [9.17, 15) is 9.90 Å². The fourth-order valence-electron chi connectivity index (χ4n) is 1.45. The molecule has 2 rings (SSSR count). The third-order valence-electron chi connectivity index (χ3n) is 2.08. The molecule has 0 aliphatic heterocycles. The lowest BCUT2D eigenvalue weighted by Crippen LogP contribution is -2.21. The summed E-state index contributed by atoms with van der Waals surface area (Å²) >= 11 is 0. The number of ketones is 1. The van der Waals surface area contributed by atoms with Gasteiger partial charge in [-0.25, -0.2) is 0 Å². The first-order chi connectivity index (χ1) is 6.25. The van der Waals surface area contributed by atoms with E-state index in [0.29, 0.717) is 11.1 Å². The van der Waals surface area contributed by atoms with E-state index in [-0.39, 0.29) is 5.71 Å². The van der Waals surface area contributed by atoms with Crippen LogP contribution in [-0.2, 0) is 0 Å². The first kappa shape index (κ1) is 7.94. The van der Waals surface area contributed by atoms with Crippen molar-refractivity contribution >= 4 is 11.5 Å². The summed E-state index contributed by atoms with van der Waals surface area (Å²) in [5.74, 6) is -0.414. The Hall–Kier alpha value is -1.68. The largest absolute Gasteiger partial charge is 0.411 e. The lowest BCUT2D eigenvalue weighted by molar-refractivity contribution is 0.0853. The molecule has 0 aromatic heterocycles. The monoisotopic (exact) mass is 177 g/mol. The van der Waals surface area contributed by atoms with Crippen LogP contribution in [0, 0.1) is 0 Å². The standard InChI is InChI=1S/C9H7NO3/c11-8-6-4-2-1-3-5(6)7(10-13)9(8)12/h1-4,9,12-13H/b10-7+. The lowest BCUT2D eigenvalue weighted by Gasteiger charge is -1.97. The molecule has 1 atom stereocenters. The van der Waals surface area contributed by atoms with Crippen LogP contribution in [0.5, 0.6) is 0 Å². The summed E-state index contributed by atoms with van der Waals surface area (Å²) in [4.78, 5) is 11.3. The molecule has 1 aliphatic rings. The molecule has 0 heterocycles. The van der Waals surface area contributed by atoms with Crippen LogP contribution < -0.4 is 0 Å². The predicted molar refractivity (Wildman–Crippen MR) is 45.1 cm³/mol. The molecule has 0 spiro atoms. The van der Waals surface area contributed by atoms with Gasteiger partial charge in [-0.2, -0.15) is 0 Å². The molecule has 0 saturated heterocycles. The summed E-state index contributed by atoms with van der Waals surface area (Å²) in [6.07, 6.45) is -1.32. The van der Waals surface area contributed by atoms with Gasteiger partial charge < -0.3 is 10.3 Å². The van der Waals surface area contributed by atoms with E-state index in [1.54, 1.807) is 24.3 Å². The van der Waals surface area contributed by atoms with Crippen LogP contribution in [0.15, 0.2) is 29.4 Å². The first-order valence-electron chi connectivity index (χ1n) is 3.79. The first-order valence-corrected chi connectivity index (χ1v) is 3.79. The Balaban J connectivity index is 2.67. The topological polar surface area (TPSA) is 69.9 Å². The maximum Gasteiger partial charge on any atom is 0.198 e. The Morgan fingerprint density at radius 2 is 1.85 bits per heavy atom. The number of rotatable bonds is 0. The molecule has 0 fully saturated rings. The summed E-state index contributed by atoms with van der Waals surface area (Å²) in [5.41, 5.74) is 0.936. The van der Waals surface area contributed by atoms with Gasteiger partial charge in [-0.05, 0) is 0 Å². The van der Waals surface area contributed by atoms with Crippen LogP contribution in [0.4, 0.5) is 0 Å². The Labute approximate surface area is 74.1 Å². The Kier molecular flexibility index (Phi) is 1.63. The number of aliphatic hydroxyl groups excluding tert-OH is 1. The van der Waals surface area contributed by atoms with Gasteiger partial charge in [-0.15, -0.1) is 0 Å². The Morgan fingerprint density at radius 3 is 2.46 bits per heavy atom. The maximum atomic E-state index is 11.3. The average Bonchev–Trinajstić information content (AvgIpc) is 2.41. The minimum atomic E-state index is -1.32. The third kappa shape index (κ3) is 0.957. The number of nitrogens with zero attached hydrogens (tertiary/aromatic N) is 1. The normalized spacial score (nSPS) is 23.6. The van der Waals surface area contributed by atoms with Crippen LogP contribution in [-0.4, -0.2) is 27.9 Å². The zero-order chi connectivity index (χ0) is 9.42. The van der Waals surface area contributed by atoms with E-state index in [1.807, 2.05) is 0 Å². The number of Topliss-reactive ketones (excluding diaryl/α,β-unsaturated/α-hetero) is 1. The van der Waals surface area contributed by atoms with Crippen molar-refractivity contribution in [3.05, 3.63) is 35.4 Å². The molecule has 0 amide bonds. The SMILES string of the molecule is O=C1c2ccccc2/C(=N\O)C1O. The van der Waals surface area contributed by atoms with Gasteiger partial charge in [-0.1, -0.05) is 29.4 Å². The average molecular weight is 177 g/mol. The minimum absolute atomic E-state index is 0.0283. The number of aliphatic hydroxyl groups is 1. The number of hydrogen-bond donors (Lipinski definition) is 2. The van der Waals surface area contributed by atoms with Crippen LogP contribution in [0.25, 0.3) is 0 Å². The zero-order valence-electron chi connectivity index (χ0n) is 6.64. The van der Waals surface area contributed by atoms with Gasteiger partial charge in [0.2, 0.25) is 0 Å². The highest BCUT2D eigenvalue weighted by Crippen LogP contribution is 2.22. The Morgan fingerprint density at radius 1 is 1.23 bits per heavy atom. The number of fused-ring (bicyclic) bond motifs is 1. The summed E-state index contributed by atoms with van der Waals surface area (Å²) in [6, 6.07) is 6.65. The molecule has 1 unspecified atom stereocenters. The van der Waals surface area contributed by atoms with Gasteiger partial charge in [0.1, 0.15) is 5.71 Å². The summed E-state index contributed by atoms with van der Waals surface area (Å²) < 4.78 is 0.